The second kappa shape index (κ2) is 8.14. The summed E-state index contributed by atoms with van der Waals surface area (Å²) in [6, 6.07) is 18.8. The van der Waals surface area contributed by atoms with Gasteiger partial charge in [0, 0.05) is 38.4 Å². The highest BCUT2D eigenvalue weighted by molar-refractivity contribution is 5.55. The van der Waals surface area contributed by atoms with Crippen molar-refractivity contribution >= 4 is 17.5 Å². The highest BCUT2D eigenvalue weighted by atomic mass is 15.3. The number of aromatic nitrogens is 3. The Hall–Kier alpha value is -2.99. The number of rotatable bonds is 5. The van der Waals surface area contributed by atoms with Crippen molar-refractivity contribution in [3.05, 3.63) is 71.9 Å². The minimum Gasteiger partial charge on any atom is -0.353 e. The molecule has 0 spiro atoms. The van der Waals surface area contributed by atoms with Crippen LogP contribution in [0, 0.1) is 6.92 Å². The van der Waals surface area contributed by atoms with Crippen LogP contribution < -0.4 is 10.2 Å². The number of hydrogen-bond donors (Lipinski definition) is 1. The molecule has 0 amide bonds. The number of aryl methyl sites for hydroxylation is 1. The standard InChI is InChI=1S/C21H24N6/c1-17-6-5-9-19(14-17)23-21-24-20(15-22-25-21)27-12-10-26(11-13-27)16-18-7-3-2-4-8-18/h2-9,14-15H,10-13,16H2,1H3,(H,23,24,25). The third kappa shape index (κ3) is 4.60. The van der Waals surface area contributed by atoms with Gasteiger partial charge in [-0.05, 0) is 30.2 Å². The van der Waals surface area contributed by atoms with Gasteiger partial charge in [0.05, 0.1) is 6.20 Å². The normalized spacial score (nSPS) is 14.9. The summed E-state index contributed by atoms with van der Waals surface area (Å²) in [5, 5.41) is 11.5. The molecule has 27 heavy (non-hydrogen) atoms. The van der Waals surface area contributed by atoms with Gasteiger partial charge in [0.1, 0.15) is 0 Å². The molecule has 0 unspecified atom stereocenters. The van der Waals surface area contributed by atoms with Gasteiger partial charge >= 0.3 is 0 Å². The van der Waals surface area contributed by atoms with Crippen LogP contribution in [0.25, 0.3) is 0 Å². The van der Waals surface area contributed by atoms with Crippen molar-refractivity contribution in [2.45, 2.75) is 13.5 Å². The Morgan fingerprint density at radius 2 is 1.78 bits per heavy atom. The van der Waals surface area contributed by atoms with Gasteiger partial charge in [0.25, 0.3) is 0 Å². The Morgan fingerprint density at radius 3 is 2.56 bits per heavy atom. The summed E-state index contributed by atoms with van der Waals surface area (Å²) in [4.78, 5) is 9.41. The third-order valence-corrected chi connectivity index (χ3v) is 4.77. The molecule has 138 valence electrons. The number of benzene rings is 2. The number of nitrogens with zero attached hydrogens (tertiary/aromatic N) is 5. The topological polar surface area (TPSA) is 57.2 Å². The summed E-state index contributed by atoms with van der Waals surface area (Å²) in [6.07, 6.45) is 1.74. The van der Waals surface area contributed by atoms with Gasteiger partial charge < -0.3 is 10.2 Å². The van der Waals surface area contributed by atoms with E-state index in [2.05, 4.69) is 79.7 Å². The predicted molar refractivity (Wildman–Crippen MR) is 108 cm³/mol. The van der Waals surface area contributed by atoms with Crippen LogP contribution in [0.3, 0.4) is 0 Å². The maximum Gasteiger partial charge on any atom is 0.249 e. The van der Waals surface area contributed by atoms with E-state index in [-0.39, 0.29) is 0 Å². The van der Waals surface area contributed by atoms with Crippen molar-refractivity contribution < 1.29 is 0 Å². The molecule has 1 saturated heterocycles. The molecule has 1 aliphatic heterocycles. The van der Waals surface area contributed by atoms with Crippen LogP contribution in [-0.2, 0) is 6.54 Å². The van der Waals surface area contributed by atoms with E-state index in [1.54, 1.807) is 6.20 Å². The van der Waals surface area contributed by atoms with Crippen molar-refractivity contribution in [3.8, 4) is 0 Å². The lowest BCUT2D eigenvalue weighted by Crippen LogP contribution is -2.46. The maximum absolute atomic E-state index is 4.65. The molecule has 1 aliphatic rings. The minimum atomic E-state index is 0.532. The molecular weight excluding hydrogens is 336 g/mol. The fourth-order valence-corrected chi connectivity index (χ4v) is 3.33. The van der Waals surface area contributed by atoms with Crippen molar-refractivity contribution in [3.63, 3.8) is 0 Å². The molecule has 6 nitrogen and oxygen atoms in total. The summed E-state index contributed by atoms with van der Waals surface area (Å²) in [7, 11) is 0. The van der Waals surface area contributed by atoms with Crippen molar-refractivity contribution in [1.82, 2.24) is 20.1 Å². The molecule has 0 radical (unpaired) electrons. The third-order valence-electron chi connectivity index (χ3n) is 4.77. The minimum absolute atomic E-state index is 0.532. The average molecular weight is 360 g/mol. The number of anilines is 3. The zero-order valence-electron chi connectivity index (χ0n) is 15.5. The van der Waals surface area contributed by atoms with E-state index in [9.17, 15) is 0 Å². The molecule has 6 heteroatoms. The van der Waals surface area contributed by atoms with Gasteiger partial charge in [-0.3, -0.25) is 4.90 Å². The van der Waals surface area contributed by atoms with Crippen LogP contribution in [0.15, 0.2) is 60.8 Å². The van der Waals surface area contributed by atoms with E-state index in [0.717, 1.165) is 44.2 Å². The van der Waals surface area contributed by atoms with E-state index < -0.39 is 0 Å². The van der Waals surface area contributed by atoms with E-state index in [1.807, 2.05) is 12.1 Å². The maximum atomic E-state index is 4.65. The lowest BCUT2D eigenvalue weighted by molar-refractivity contribution is 0.249. The van der Waals surface area contributed by atoms with E-state index in [1.165, 1.54) is 11.1 Å². The zero-order valence-corrected chi connectivity index (χ0v) is 15.5. The van der Waals surface area contributed by atoms with E-state index in [4.69, 9.17) is 0 Å². The van der Waals surface area contributed by atoms with Crippen LogP contribution >= 0.6 is 0 Å². The summed E-state index contributed by atoms with van der Waals surface area (Å²) in [6.45, 7) is 6.97. The predicted octanol–water partition coefficient (Wildman–Crippen LogP) is 3.25. The summed E-state index contributed by atoms with van der Waals surface area (Å²) < 4.78 is 0. The quantitative estimate of drug-likeness (QED) is 0.754. The van der Waals surface area contributed by atoms with Gasteiger partial charge in [-0.25, -0.2) is 0 Å². The lowest BCUT2D eigenvalue weighted by atomic mass is 10.2. The number of piperazine rings is 1. The molecule has 1 aromatic heterocycles. The largest absolute Gasteiger partial charge is 0.353 e. The monoisotopic (exact) mass is 360 g/mol. The molecule has 4 rings (SSSR count). The van der Waals surface area contributed by atoms with Crippen molar-refractivity contribution in [1.29, 1.82) is 0 Å². The fraction of sp³-hybridized carbons (Fsp3) is 0.286. The first-order valence-corrected chi connectivity index (χ1v) is 9.31. The molecule has 0 bridgehead atoms. The fourth-order valence-electron chi connectivity index (χ4n) is 3.33. The summed E-state index contributed by atoms with van der Waals surface area (Å²) >= 11 is 0. The molecule has 1 N–H and O–H groups in total. The first kappa shape index (κ1) is 17.4. The average Bonchev–Trinajstić information content (AvgIpc) is 2.70. The second-order valence-electron chi connectivity index (χ2n) is 6.88. The molecule has 3 aromatic rings. The smallest absolute Gasteiger partial charge is 0.249 e. The number of hydrogen-bond acceptors (Lipinski definition) is 6. The summed E-state index contributed by atoms with van der Waals surface area (Å²) in [5.74, 6) is 1.41. The Balaban J connectivity index is 1.37. The Bertz CT molecular complexity index is 875. The second-order valence-corrected chi connectivity index (χ2v) is 6.88. The van der Waals surface area contributed by atoms with Gasteiger partial charge in [0.2, 0.25) is 5.95 Å². The van der Waals surface area contributed by atoms with Crippen LogP contribution in [0.4, 0.5) is 17.5 Å². The van der Waals surface area contributed by atoms with Gasteiger partial charge in [-0.1, -0.05) is 42.5 Å². The van der Waals surface area contributed by atoms with Gasteiger partial charge in [0.15, 0.2) is 5.82 Å². The molecule has 0 saturated carbocycles. The Morgan fingerprint density at radius 1 is 0.963 bits per heavy atom. The van der Waals surface area contributed by atoms with Crippen LogP contribution in [-0.4, -0.2) is 46.3 Å². The first-order chi connectivity index (χ1) is 13.3. The van der Waals surface area contributed by atoms with E-state index in [0.29, 0.717) is 5.95 Å². The highest BCUT2D eigenvalue weighted by Crippen LogP contribution is 2.18. The highest BCUT2D eigenvalue weighted by Gasteiger charge is 2.19. The molecule has 2 heterocycles. The molecular formula is C21H24N6. The van der Waals surface area contributed by atoms with Crippen molar-refractivity contribution in [2.24, 2.45) is 0 Å². The van der Waals surface area contributed by atoms with Crippen LogP contribution in [0.2, 0.25) is 0 Å². The SMILES string of the molecule is Cc1cccc(Nc2nncc(N3CCN(Cc4ccccc4)CC3)n2)c1. The van der Waals surface area contributed by atoms with Gasteiger partial charge in [-0.15, -0.1) is 5.10 Å². The van der Waals surface area contributed by atoms with Crippen molar-refractivity contribution in [2.75, 3.05) is 36.4 Å². The Labute approximate surface area is 159 Å². The van der Waals surface area contributed by atoms with Crippen LogP contribution in [0.5, 0.6) is 0 Å². The molecule has 2 aromatic carbocycles. The first-order valence-electron chi connectivity index (χ1n) is 9.31. The van der Waals surface area contributed by atoms with Gasteiger partial charge in [-0.2, -0.15) is 10.1 Å². The summed E-state index contributed by atoms with van der Waals surface area (Å²) in [5.41, 5.74) is 3.53. The number of nitrogens with one attached hydrogen (secondary N) is 1. The Kier molecular flexibility index (Phi) is 5.25. The zero-order chi connectivity index (χ0) is 18.5. The van der Waals surface area contributed by atoms with Crippen LogP contribution in [0.1, 0.15) is 11.1 Å². The molecule has 0 aliphatic carbocycles. The lowest BCUT2D eigenvalue weighted by Gasteiger charge is -2.35. The molecule has 0 atom stereocenters. The van der Waals surface area contributed by atoms with E-state index >= 15 is 0 Å². The molecule has 1 fully saturated rings.